The van der Waals surface area contributed by atoms with Crippen LogP contribution in [0, 0.1) is 19.3 Å². The third kappa shape index (κ3) is 4.97. The second-order valence-corrected chi connectivity index (χ2v) is 8.17. The van der Waals surface area contributed by atoms with Gasteiger partial charge < -0.3 is 19.2 Å². The summed E-state index contributed by atoms with van der Waals surface area (Å²) in [4.78, 5) is 36.4. The van der Waals surface area contributed by atoms with E-state index in [1.807, 2.05) is 20.8 Å². The summed E-state index contributed by atoms with van der Waals surface area (Å²) in [5, 5.41) is 3.39. The van der Waals surface area contributed by atoms with Crippen molar-refractivity contribution < 1.29 is 28.3 Å². The maximum Gasteiger partial charge on any atom is 0.374 e. The van der Waals surface area contributed by atoms with E-state index in [-0.39, 0.29) is 18.3 Å². The molecule has 0 aliphatic heterocycles. The van der Waals surface area contributed by atoms with E-state index in [0.29, 0.717) is 26.8 Å². The molecule has 7 nitrogen and oxygen atoms in total. The average molecular weight is 393 g/mol. The van der Waals surface area contributed by atoms with Gasteiger partial charge in [-0.25, -0.2) is 9.59 Å². The number of thiophene rings is 1. The number of anilines is 1. The van der Waals surface area contributed by atoms with Gasteiger partial charge in [0.15, 0.2) is 0 Å². The molecule has 0 atom stereocenters. The molecule has 0 unspecified atom stereocenters. The van der Waals surface area contributed by atoms with E-state index in [0.717, 1.165) is 11.3 Å². The number of ether oxygens (including phenoxy) is 2. The maximum absolute atomic E-state index is 12.4. The highest BCUT2D eigenvalue weighted by molar-refractivity contribution is 7.18. The summed E-state index contributed by atoms with van der Waals surface area (Å²) in [5.74, 6) is -0.814. The number of amides is 1. The van der Waals surface area contributed by atoms with E-state index in [1.165, 1.54) is 7.11 Å². The minimum Gasteiger partial charge on any atom is -0.463 e. The molecule has 8 heteroatoms. The second kappa shape index (κ2) is 7.96. The van der Waals surface area contributed by atoms with Crippen molar-refractivity contribution in [1.29, 1.82) is 0 Å². The minimum absolute atomic E-state index is 0.0861. The summed E-state index contributed by atoms with van der Waals surface area (Å²) in [6, 6.07) is 3.35. The summed E-state index contributed by atoms with van der Waals surface area (Å²) in [5.41, 5.74) is 0.778. The predicted molar refractivity (Wildman–Crippen MR) is 101 cm³/mol. The third-order valence-electron chi connectivity index (χ3n) is 3.71. The number of rotatable bonds is 5. The third-order valence-corrected chi connectivity index (χ3v) is 4.84. The van der Waals surface area contributed by atoms with Crippen LogP contribution in [0.3, 0.4) is 0 Å². The van der Waals surface area contributed by atoms with Crippen molar-refractivity contribution >= 4 is 34.2 Å². The van der Waals surface area contributed by atoms with Gasteiger partial charge in [-0.05, 0) is 31.5 Å². The fraction of sp³-hybridized carbons (Fsp3) is 0.421. The largest absolute Gasteiger partial charge is 0.463 e. The van der Waals surface area contributed by atoms with Gasteiger partial charge in [0.1, 0.15) is 17.2 Å². The van der Waals surface area contributed by atoms with Crippen molar-refractivity contribution in [3.8, 4) is 0 Å². The van der Waals surface area contributed by atoms with Crippen LogP contribution in [-0.4, -0.2) is 25.0 Å². The number of carbonyl (C=O) groups is 3. The van der Waals surface area contributed by atoms with Crippen molar-refractivity contribution in [3.63, 3.8) is 0 Å². The van der Waals surface area contributed by atoms with Crippen molar-refractivity contribution in [2.24, 2.45) is 5.41 Å². The monoisotopic (exact) mass is 393 g/mol. The molecule has 2 heterocycles. The lowest BCUT2D eigenvalue weighted by atomic mass is 9.96. The van der Waals surface area contributed by atoms with Crippen LogP contribution in [0.1, 0.15) is 57.9 Å². The van der Waals surface area contributed by atoms with Crippen LogP contribution in [0.25, 0.3) is 0 Å². The highest BCUT2D eigenvalue weighted by Gasteiger charge is 2.24. The quantitative estimate of drug-likeness (QED) is 0.769. The first-order chi connectivity index (χ1) is 12.5. The fourth-order valence-corrected chi connectivity index (χ4v) is 3.12. The number of hydrogen-bond acceptors (Lipinski definition) is 7. The highest BCUT2D eigenvalue weighted by Crippen LogP contribution is 2.29. The topological polar surface area (TPSA) is 94.8 Å². The molecule has 146 valence electrons. The van der Waals surface area contributed by atoms with E-state index in [9.17, 15) is 14.4 Å². The van der Waals surface area contributed by atoms with E-state index in [2.05, 4.69) is 10.1 Å². The molecule has 0 aliphatic carbocycles. The summed E-state index contributed by atoms with van der Waals surface area (Å²) in [6.07, 6.45) is 0. The molecular formula is C19H23NO6S. The molecular weight excluding hydrogens is 370 g/mol. The molecule has 0 fully saturated rings. The van der Waals surface area contributed by atoms with Gasteiger partial charge in [-0.15, -0.1) is 11.3 Å². The van der Waals surface area contributed by atoms with Gasteiger partial charge in [-0.2, -0.15) is 0 Å². The van der Waals surface area contributed by atoms with Gasteiger partial charge in [0.05, 0.1) is 12.1 Å². The molecule has 0 radical (unpaired) electrons. The van der Waals surface area contributed by atoms with Gasteiger partial charge in [0, 0.05) is 11.0 Å². The van der Waals surface area contributed by atoms with Crippen molar-refractivity contribution in [1.82, 2.24) is 0 Å². The number of nitrogens with one attached hydrogen (secondary N) is 1. The van der Waals surface area contributed by atoms with Gasteiger partial charge in [0.25, 0.3) is 0 Å². The van der Waals surface area contributed by atoms with Crippen LogP contribution in [-0.2, 0) is 20.9 Å². The zero-order valence-corrected chi connectivity index (χ0v) is 17.0. The molecule has 0 bridgehead atoms. The predicted octanol–water partition coefficient (Wildman–Crippen LogP) is 4.09. The molecule has 0 saturated heterocycles. The Morgan fingerprint density at radius 1 is 1.11 bits per heavy atom. The molecule has 0 spiro atoms. The van der Waals surface area contributed by atoms with Gasteiger partial charge in [0.2, 0.25) is 11.7 Å². The van der Waals surface area contributed by atoms with Gasteiger partial charge in [-0.1, -0.05) is 20.8 Å². The Morgan fingerprint density at radius 3 is 2.37 bits per heavy atom. The standard InChI is InChI=1S/C19H23NO6S/c1-10-7-12(26-14(10)16(21)24-6)9-25-17(22)15-11(2)8-13(27-15)20-18(23)19(3,4)5/h7-8H,9H2,1-6H3,(H,20,23). The first-order valence-electron chi connectivity index (χ1n) is 8.29. The lowest BCUT2D eigenvalue weighted by Crippen LogP contribution is -2.27. The molecule has 1 N–H and O–H groups in total. The zero-order chi connectivity index (χ0) is 20.4. The SMILES string of the molecule is COC(=O)c1oc(COC(=O)c2sc(NC(=O)C(C)(C)C)cc2C)cc1C. The summed E-state index contributed by atoms with van der Waals surface area (Å²) in [6.45, 7) is 8.79. The lowest BCUT2D eigenvalue weighted by Gasteiger charge is -2.16. The summed E-state index contributed by atoms with van der Waals surface area (Å²) in [7, 11) is 1.26. The average Bonchev–Trinajstić information content (AvgIpc) is 3.13. The van der Waals surface area contributed by atoms with Crippen molar-refractivity contribution in [2.75, 3.05) is 12.4 Å². The van der Waals surface area contributed by atoms with E-state index >= 15 is 0 Å². The Hall–Kier alpha value is -2.61. The van der Waals surface area contributed by atoms with Gasteiger partial charge in [-0.3, -0.25) is 4.79 Å². The van der Waals surface area contributed by atoms with E-state index in [4.69, 9.17) is 9.15 Å². The Morgan fingerprint density at radius 2 is 1.78 bits per heavy atom. The molecule has 0 saturated carbocycles. The Labute approximate surface area is 161 Å². The number of aryl methyl sites for hydroxylation is 2. The van der Waals surface area contributed by atoms with E-state index < -0.39 is 17.4 Å². The van der Waals surface area contributed by atoms with Crippen molar-refractivity contribution in [2.45, 2.75) is 41.2 Å². The first kappa shape index (κ1) is 20.7. The summed E-state index contributed by atoms with van der Waals surface area (Å²) >= 11 is 1.15. The number of methoxy groups -OCH3 is 1. The van der Waals surface area contributed by atoms with E-state index in [1.54, 1.807) is 26.0 Å². The van der Waals surface area contributed by atoms with Crippen LogP contribution in [0.4, 0.5) is 5.00 Å². The van der Waals surface area contributed by atoms with Crippen LogP contribution in [0.15, 0.2) is 16.5 Å². The minimum atomic E-state index is -0.585. The normalized spacial score (nSPS) is 11.2. The molecule has 2 aromatic heterocycles. The molecule has 27 heavy (non-hydrogen) atoms. The highest BCUT2D eigenvalue weighted by atomic mass is 32.1. The fourth-order valence-electron chi connectivity index (χ4n) is 2.16. The van der Waals surface area contributed by atoms with Gasteiger partial charge >= 0.3 is 11.9 Å². The Bertz CT molecular complexity index is 871. The van der Waals surface area contributed by atoms with Crippen LogP contribution < -0.4 is 5.32 Å². The van der Waals surface area contributed by atoms with Crippen molar-refractivity contribution in [3.05, 3.63) is 39.7 Å². The Kier molecular flexibility index (Phi) is 6.10. The van der Waals surface area contributed by atoms with Crippen LogP contribution in [0.5, 0.6) is 0 Å². The number of hydrogen-bond donors (Lipinski definition) is 1. The maximum atomic E-state index is 12.4. The molecule has 0 aliphatic rings. The number of carbonyl (C=O) groups excluding carboxylic acids is 3. The molecule has 0 aromatic carbocycles. The number of furan rings is 1. The van der Waals surface area contributed by atoms with Crippen LogP contribution in [0.2, 0.25) is 0 Å². The first-order valence-corrected chi connectivity index (χ1v) is 9.11. The number of esters is 2. The smallest absolute Gasteiger partial charge is 0.374 e. The zero-order valence-electron chi connectivity index (χ0n) is 16.2. The Balaban J connectivity index is 2.04. The van der Waals surface area contributed by atoms with Crippen LogP contribution >= 0.6 is 11.3 Å². The molecule has 2 aromatic rings. The molecule has 1 amide bonds. The molecule has 2 rings (SSSR count). The second-order valence-electron chi connectivity index (χ2n) is 7.12. The summed E-state index contributed by atoms with van der Waals surface area (Å²) < 4.78 is 15.3. The lowest BCUT2D eigenvalue weighted by molar-refractivity contribution is -0.123.